The van der Waals surface area contributed by atoms with E-state index in [-0.39, 0.29) is 23.3 Å². The molecule has 1 fully saturated rings. The van der Waals surface area contributed by atoms with Crippen LogP contribution in [0.5, 0.6) is 0 Å². The minimum absolute atomic E-state index is 0.183. The summed E-state index contributed by atoms with van der Waals surface area (Å²) in [5.41, 5.74) is 1.49. The molecule has 0 unspecified atom stereocenters. The molecule has 0 bridgehead atoms. The Hall–Kier alpha value is -2.77. The van der Waals surface area contributed by atoms with Crippen LogP contribution in [0.25, 0.3) is 0 Å². The minimum Gasteiger partial charge on any atom is -0.348 e. The highest BCUT2D eigenvalue weighted by Gasteiger charge is 2.24. The number of amides is 2. The molecule has 1 aliphatic rings. The fraction of sp³-hybridized carbons (Fsp3) is 0.438. The van der Waals surface area contributed by atoms with Crippen LogP contribution in [-0.4, -0.2) is 38.0 Å². The van der Waals surface area contributed by atoms with Crippen molar-refractivity contribution in [1.29, 1.82) is 0 Å². The maximum Gasteiger partial charge on any atom is 0.275 e. The van der Waals surface area contributed by atoms with Crippen molar-refractivity contribution in [2.24, 2.45) is 0 Å². The molecule has 0 atom stereocenters. The topological polar surface area (TPSA) is 113 Å². The maximum absolute atomic E-state index is 12.5. The largest absolute Gasteiger partial charge is 0.348 e. The highest BCUT2D eigenvalue weighted by molar-refractivity contribution is 6.07. The molecule has 24 heavy (non-hydrogen) atoms. The predicted octanol–water partition coefficient (Wildman–Crippen LogP) is 1.69. The van der Waals surface area contributed by atoms with Crippen LogP contribution in [-0.2, 0) is 6.42 Å². The molecule has 2 heterocycles. The fourth-order valence-electron chi connectivity index (χ4n) is 2.85. The summed E-state index contributed by atoms with van der Waals surface area (Å²) in [5.74, 6) is -0.693. The van der Waals surface area contributed by atoms with E-state index in [2.05, 4.69) is 30.8 Å². The van der Waals surface area contributed by atoms with Crippen LogP contribution in [0.15, 0.2) is 18.6 Å². The first-order valence-corrected chi connectivity index (χ1v) is 8.14. The molecule has 0 spiro atoms. The number of carbonyl (C=O) groups excluding carboxylic acids is 2. The number of hydrogen-bond donors (Lipinski definition) is 3. The number of aromatic nitrogens is 4. The van der Waals surface area contributed by atoms with E-state index in [1.54, 1.807) is 0 Å². The summed E-state index contributed by atoms with van der Waals surface area (Å²) in [4.78, 5) is 32.7. The van der Waals surface area contributed by atoms with Gasteiger partial charge in [-0.15, -0.1) is 0 Å². The lowest BCUT2D eigenvalue weighted by molar-refractivity contribution is 0.0933. The number of nitrogens with one attached hydrogen (secondary N) is 3. The second kappa shape index (κ2) is 7.20. The number of aromatic amines is 1. The zero-order chi connectivity index (χ0) is 16.9. The van der Waals surface area contributed by atoms with Gasteiger partial charge in [-0.25, -0.2) is 4.98 Å². The Morgan fingerprint density at radius 3 is 2.71 bits per heavy atom. The lowest BCUT2D eigenvalue weighted by Crippen LogP contribution is -2.33. The molecule has 1 aliphatic carbocycles. The first kappa shape index (κ1) is 16.1. The van der Waals surface area contributed by atoms with E-state index < -0.39 is 5.91 Å². The lowest BCUT2D eigenvalue weighted by Gasteiger charge is -2.12. The molecule has 2 amide bonds. The number of carbonyl (C=O) groups is 2. The molecule has 8 heteroatoms. The maximum atomic E-state index is 12.5. The normalized spacial score (nSPS) is 14.5. The van der Waals surface area contributed by atoms with Crippen LogP contribution in [0.3, 0.4) is 0 Å². The second-order valence-electron chi connectivity index (χ2n) is 5.78. The fourth-order valence-corrected chi connectivity index (χ4v) is 2.85. The van der Waals surface area contributed by atoms with Gasteiger partial charge >= 0.3 is 0 Å². The number of hydrogen-bond acceptors (Lipinski definition) is 5. The van der Waals surface area contributed by atoms with E-state index in [9.17, 15) is 9.59 Å². The summed E-state index contributed by atoms with van der Waals surface area (Å²) in [6.07, 6.45) is 9.14. The van der Waals surface area contributed by atoms with Gasteiger partial charge in [-0.05, 0) is 19.3 Å². The van der Waals surface area contributed by atoms with Gasteiger partial charge in [-0.3, -0.25) is 19.7 Å². The van der Waals surface area contributed by atoms with Gasteiger partial charge < -0.3 is 10.6 Å². The number of rotatable bonds is 5. The van der Waals surface area contributed by atoms with Crippen LogP contribution >= 0.6 is 0 Å². The molecular formula is C16H20N6O2. The third-order valence-corrected chi connectivity index (χ3v) is 4.13. The molecule has 3 rings (SSSR count). The third-order valence-electron chi connectivity index (χ3n) is 4.13. The summed E-state index contributed by atoms with van der Waals surface area (Å²) < 4.78 is 0. The van der Waals surface area contributed by atoms with Gasteiger partial charge in [0.25, 0.3) is 11.8 Å². The first-order valence-electron chi connectivity index (χ1n) is 8.14. The van der Waals surface area contributed by atoms with Crippen molar-refractivity contribution in [2.75, 3.05) is 5.32 Å². The van der Waals surface area contributed by atoms with Gasteiger partial charge in [0, 0.05) is 18.4 Å². The zero-order valence-electron chi connectivity index (χ0n) is 13.5. The van der Waals surface area contributed by atoms with E-state index >= 15 is 0 Å². The van der Waals surface area contributed by atoms with E-state index in [4.69, 9.17) is 0 Å². The molecule has 0 saturated heterocycles. The first-order chi connectivity index (χ1) is 11.7. The van der Waals surface area contributed by atoms with Crippen molar-refractivity contribution in [2.45, 2.75) is 45.1 Å². The van der Waals surface area contributed by atoms with Gasteiger partial charge in [-0.2, -0.15) is 5.10 Å². The molecule has 126 valence electrons. The van der Waals surface area contributed by atoms with E-state index in [0.717, 1.165) is 25.7 Å². The van der Waals surface area contributed by atoms with Crippen LogP contribution < -0.4 is 10.6 Å². The standard InChI is InChI=1S/C16H20N6O2/c1-2-11-13(20-15(23)12-9-17-7-8-18-12)14(22-21-11)16(24)19-10-5-3-4-6-10/h7-10H,2-6H2,1H3,(H,19,24)(H,20,23)(H,21,22). The van der Waals surface area contributed by atoms with Crippen molar-refractivity contribution in [3.05, 3.63) is 35.7 Å². The summed E-state index contributed by atoms with van der Waals surface area (Å²) in [7, 11) is 0. The predicted molar refractivity (Wildman–Crippen MR) is 87.7 cm³/mol. The summed E-state index contributed by atoms with van der Waals surface area (Å²) in [6, 6.07) is 0.183. The highest BCUT2D eigenvalue weighted by Crippen LogP contribution is 2.22. The van der Waals surface area contributed by atoms with Gasteiger partial charge in [0.1, 0.15) is 5.69 Å². The van der Waals surface area contributed by atoms with Crippen LogP contribution in [0.2, 0.25) is 0 Å². The Bertz CT molecular complexity index is 721. The van der Waals surface area contributed by atoms with E-state index in [1.807, 2.05) is 6.92 Å². The van der Waals surface area contributed by atoms with Gasteiger partial charge in [0.2, 0.25) is 0 Å². The van der Waals surface area contributed by atoms with Crippen LogP contribution in [0, 0.1) is 0 Å². The monoisotopic (exact) mass is 328 g/mol. The quantitative estimate of drug-likeness (QED) is 0.773. The number of nitrogens with zero attached hydrogens (tertiary/aromatic N) is 3. The highest BCUT2D eigenvalue weighted by atomic mass is 16.2. The Morgan fingerprint density at radius 2 is 2.04 bits per heavy atom. The van der Waals surface area contributed by atoms with Crippen LogP contribution in [0.4, 0.5) is 5.69 Å². The van der Waals surface area contributed by atoms with Gasteiger partial charge in [-0.1, -0.05) is 19.8 Å². The number of H-pyrrole nitrogens is 1. The zero-order valence-corrected chi connectivity index (χ0v) is 13.5. The SMILES string of the molecule is CCc1[nH]nc(C(=O)NC2CCCC2)c1NC(=O)c1cnccn1. The molecule has 1 saturated carbocycles. The van der Waals surface area contributed by atoms with Crippen molar-refractivity contribution in [1.82, 2.24) is 25.5 Å². The molecule has 2 aromatic rings. The molecule has 8 nitrogen and oxygen atoms in total. The Morgan fingerprint density at radius 1 is 1.25 bits per heavy atom. The molecule has 0 aliphatic heterocycles. The Kier molecular flexibility index (Phi) is 4.83. The van der Waals surface area contributed by atoms with Gasteiger partial charge in [0.05, 0.1) is 17.6 Å². The molecular weight excluding hydrogens is 308 g/mol. The molecule has 0 radical (unpaired) electrons. The minimum atomic E-state index is -0.422. The second-order valence-corrected chi connectivity index (χ2v) is 5.78. The van der Waals surface area contributed by atoms with Gasteiger partial charge in [0.15, 0.2) is 5.69 Å². The molecule has 3 N–H and O–H groups in total. The summed E-state index contributed by atoms with van der Waals surface area (Å²) in [6.45, 7) is 1.92. The Labute approximate surface area is 139 Å². The third kappa shape index (κ3) is 3.42. The van der Waals surface area contributed by atoms with Crippen molar-refractivity contribution >= 4 is 17.5 Å². The average Bonchev–Trinajstić information content (AvgIpc) is 3.25. The number of anilines is 1. The van der Waals surface area contributed by atoms with E-state index in [0.29, 0.717) is 17.8 Å². The van der Waals surface area contributed by atoms with Crippen molar-refractivity contribution < 1.29 is 9.59 Å². The summed E-state index contributed by atoms with van der Waals surface area (Å²) in [5, 5.41) is 12.6. The van der Waals surface area contributed by atoms with E-state index in [1.165, 1.54) is 18.6 Å². The smallest absolute Gasteiger partial charge is 0.275 e. The number of aryl methyl sites for hydroxylation is 1. The lowest BCUT2D eigenvalue weighted by atomic mass is 10.2. The molecule has 2 aromatic heterocycles. The van der Waals surface area contributed by atoms with Crippen molar-refractivity contribution in [3.63, 3.8) is 0 Å². The Balaban J connectivity index is 1.79. The average molecular weight is 328 g/mol. The summed E-state index contributed by atoms with van der Waals surface area (Å²) >= 11 is 0. The molecule has 0 aromatic carbocycles. The van der Waals surface area contributed by atoms with Crippen molar-refractivity contribution in [3.8, 4) is 0 Å². The van der Waals surface area contributed by atoms with Crippen LogP contribution in [0.1, 0.15) is 59.3 Å².